The molecule has 3 aromatic rings. The van der Waals surface area contributed by atoms with Gasteiger partial charge in [-0.25, -0.2) is 4.99 Å². The molecule has 0 bridgehead atoms. The SMILES string of the molecule is CCc1nncn1CCNC(=NCc1cccs1)NCCCc1ccccc1.I. The van der Waals surface area contributed by atoms with Gasteiger partial charge < -0.3 is 15.2 Å². The van der Waals surface area contributed by atoms with Gasteiger partial charge in [-0.2, -0.15) is 0 Å². The lowest BCUT2D eigenvalue weighted by Gasteiger charge is -2.13. The maximum atomic E-state index is 4.74. The van der Waals surface area contributed by atoms with Gasteiger partial charge in [0.15, 0.2) is 5.96 Å². The third kappa shape index (κ3) is 8.14. The molecule has 0 spiro atoms. The molecule has 0 amide bonds. The molecule has 0 aliphatic heterocycles. The Hall–Kier alpha value is -1.94. The summed E-state index contributed by atoms with van der Waals surface area (Å²) in [4.78, 5) is 6.00. The molecule has 0 unspecified atom stereocenters. The second-order valence-electron chi connectivity index (χ2n) is 6.48. The summed E-state index contributed by atoms with van der Waals surface area (Å²) < 4.78 is 2.08. The maximum Gasteiger partial charge on any atom is 0.191 e. The Morgan fingerprint density at radius 3 is 2.69 bits per heavy atom. The summed E-state index contributed by atoms with van der Waals surface area (Å²) in [5.41, 5.74) is 1.37. The van der Waals surface area contributed by atoms with E-state index < -0.39 is 0 Å². The van der Waals surface area contributed by atoms with Crippen molar-refractivity contribution < 1.29 is 0 Å². The number of nitrogens with zero attached hydrogens (tertiary/aromatic N) is 4. The van der Waals surface area contributed by atoms with Gasteiger partial charge in [0.05, 0.1) is 6.54 Å². The summed E-state index contributed by atoms with van der Waals surface area (Å²) >= 11 is 1.73. The second kappa shape index (κ2) is 13.3. The quantitative estimate of drug-likeness (QED) is 0.183. The standard InChI is InChI=1S/C21H28N6S.HI/c1-2-20-26-25-17-27(20)14-13-23-21(24-16-19-11-7-15-28-19)22-12-6-10-18-8-4-3-5-9-18;/h3-5,7-9,11,15,17H,2,6,10,12-14,16H2,1H3,(H2,22,23,24);1H. The van der Waals surface area contributed by atoms with Gasteiger partial charge in [-0.3, -0.25) is 0 Å². The van der Waals surface area contributed by atoms with E-state index in [1.807, 2.05) is 0 Å². The predicted octanol–water partition coefficient (Wildman–Crippen LogP) is 3.89. The molecule has 0 saturated carbocycles. The average molecular weight is 524 g/mol. The zero-order chi connectivity index (χ0) is 19.4. The monoisotopic (exact) mass is 524 g/mol. The number of aromatic nitrogens is 3. The molecule has 29 heavy (non-hydrogen) atoms. The van der Waals surface area contributed by atoms with Gasteiger partial charge in [-0.1, -0.05) is 43.3 Å². The minimum absolute atomic E-state index is 0. The first-order chi connectivity index (χ1) is 13.8. The zero-order valence-electron chi connectivity index (χ0n) is 16.8. The smallest absolute Gasteiger partial charge is 0.191 e. The van der Waals surface area contributed by atoms with Crippen LogP contribution in [-0.4, -0.2) is 33.8 Å². The van der Waals surface area contributed by atoms with Crippen molar-refractivity contribution >= 4 is 41.3 Å². The van der Waals surface area contributed by atoms with Gasteiger partial charge in [0.2, 0.25) is 0 Å². The van der Waals surface area contributed by atoms with Crippen molar-refractivity contribution in [1.82, 2.24) is 25.4 Å². The van der Waals surface area contributed by atoms with Crippen LogP contribution in [0.2, 0.25) is 0 Å². The van der Waals surface area contributed by atoms with Gasteiger partial charge in [0.1, 0.15) is 12.2 Å². The van der Waals surface area contributed by atoms with E-state index in [-0.39, 0.29) is 24.0 Å². The van der Waals surface area contributed by atoms with Crippen LogP contribution in [0.1, 0.15) is 29.6 Å². The Labute approximate surface area is 193 Å². The molecular weight excluding hydrogens is 495 g/mol. The van der Waals surface area contributed by atoms with Crippen LogP contribution in [-0.2, 0) is 25.9 Å². The maximum absolute atomic E-state index is 4.74. The first kappa shape index (κ1) is 23.3. The van der Waals surface area contributed by atoms with Crippen LogP contribution in [0.5, 0.6) is 0 Å². The number of halogens is 1. The Balaban J connectivity index is 0.00000300. The molecule has 2 aromatic heterocycles. The lowest BCUT2D eigenvalue weighted by atomic mass is 10.1. The fourth-order valence-electron chi connectivity index (χ4n) is 2.91. The molecule has 1 aromatic carbocycles. The number of aliphatic imine (C=N–C) groups is 1. The van der Waals surface area contributed by atoms with Crippen LogP contribution < -0.4 is 10.6 Å². The van der Waals surface area contributed by atoms with E-state index in [2.05, 4.69) is 80.2 Å². The van der Waals surface area contributed by atoms with Crippen molar-refractivity contribution in [2.45, 2.75) is 39.3 Å². The van der Waals surface area contributed by atoms with E-state index in [1.54, 1.807) is 17.7 Å². The van der Waals surface area contributed by atoms with Crippen molar-refractivity contribution in [2.24, 2.45) is 4.99 Å². The summed E-state index contributed by atoms with van der Waals surface area (Å²) in [5, 5.41) is 17.1. The number of aryl methyl sites for hydroxylation is 2. The molecule has 2 heterocycles. The molecule has 0 aliphatic rings. The Kier molecular flexibility index (Phi) is 10.7. The molecule has 8 heteroatoms. The molecule has 156 valence electrons. The van der Waals surface area contributed by atoms with Crippen LogP contribution in [0.4, 0.5) is 0 Å². The molecule has 2 N–H and O–H groups in total. The number of benzene rings is 1. The minimum atomic E-state index is 0. The predicted molar refractivity (Wildman–Crippen MR) is 131 cm³/mol. The summed E-state index contributed by atoms with van der Waals surface area (Å²) in [6.07, 6.45) is 4.80. The molecule has 0 atom stereocenters. The summed E-state index contributed by atoms with van der Waals surface area (Å²) in [6.45, 7) is 5.27. The molecule has 0 fully saturated rings. The van der Waals surface area contributed by atoms with E-state index in [0.29, 0.717) is 6.54 Å². The Morgan fingerprint density at radius 1 is 1.10 bits per heavy atom. The second-order valence-corrected chi connectivity index (χ2v) is 7.51. The number of rotatable bonds is 10. The lowest BCUT2D eigenvalue weighted by Crippen LogP contribution is -2.39. The fraction of sp³-hybridized carbons (Fsp3) is 0.381. The highest BCUT2D eigenvalue weighted by Crippen LogP contribution is 2.09. The average Bonchev–Trinajstić information content (AvgIpc) is 3.41. The molecule has 0 saturated heterocycles. The van der Waals surface area contributed by atoms with Crippen LogP contribution in [0.25, 0.3) is 0 Å². The van der Waals surface area contributed by atoms with E-state index in [1.165, 1.54) is 10.4 Å². The number of thiophene rings is 1. The minimum Gasteiger partial charge on any atom is -0.356 e. The topological polar surface area (TPSA) is 67.1 Å². The van der Waals surface area contributed by atoms with Crippen LogP contribution in [0, 0.1) is 0 Å². The highest BCUT2D eigenvalue weighted by atomic mass is 127. The molecule has 6 nitrogen and oxygen atoms in total. The van der Waals surface area contributed by atoms with Crippen molar-refractivity contribution in [2.75, 3.05) is 13.1 Å². The summed E-state index contributed by atoms with van der Waals surface area (Å²) in [5.74, 6) is 1.86. The summed E-state index contributed by atoms with van der Waals surface area (Å²) in [7, 11) is 0. The lowest BCUT2D eigenvalue weighted by molar-refractivity contribution is 0.629. The van der Waals surface area contributed by atoms with Gasteiger partial charge in [-0.05, 0) is 29.9 Å². The zero-order valence-corrected chi connectivity index (χ0v) is 19.9. The van der Waals surface area contributed by atoms with Gasteiger partial charge >= 0.3 is 0 Å². The Morgan fingerprint density at radius 2 is 1.93 bits per heavy atom. The largest absolute Gasteiger partial charge is 0.356 e. The van der Waals surface area contributed by atoms with E-state index in [4.69, 9.17) is 4.99 Å². The van der Waals surface area contributed by atoms with Crippen LogP contribution in [0.15, 0.2) is 59.2 Å². The highest BCUT2D eigenvalue weighted by molar-refractivity contribution is 14.0. The van der Waals surface area contributed by atoms with Crippen LogP contribution >= 0.6 is 35.3 Å². The van der Waals surface area contributed by atoms with Crippen LogP contribution in [0.3, 0.4) is 0 Å². The van der Waals surface area contributed by atoms with Crippen molar-refractivity contribution in [3.05, 3.63) is 70.4 Å². The van der Waals surface area contributed by atoms with E-state index >= 15 is 0 Å². The van der Waals surface area contributed by atoms with Gasteiger partial charge in [-0.15, -0.1) is 45.5 Å². The van der Waals surface area contributed by atoms with E-state index in [9.17, 15) is 0 Å². The number of hydrogen-bond acceptors (Lipinski definition) is 4. The van der Waals surface area contributed by atoms with Crippen molar-refractivity contribution in [1.29, 1.82) is 0 Å². The highest BCUT2D eigenvalue weighted by Gasteiger charge is 2.03. The third-order valence-corrected chi connectivity index (χ3v) is 5.27. The third-order valence-electron chi connectivity index (χ3n) is 4.41. The normalized spacial score (nSPS) is 11.1. The first-order valence-electron chi connectivity index (χ1n) is 9.80. The van der Waals surface area contributed by atoms with E-state index in [0.717, 1.165) is 50.7 Å². The number of nitrogens with one attached hydrogen (secondary N) is 2. The summed E-state index contributed by atoms with van der Waals surface area (Å²) in [6, 6.07) is 14.8. The number of hydrogen-bond donors (Lipinski definition) is 2. The first-order valence-corrected chi connectivity index (χ1v) is 10.7. The molecule has 0 aliphatic carbocycles. The van der Waals surface area contributed by atoms with Gasteiger partial charge in [0.25, 0.3) is 0 Å². The fourth-order valence-corrected chi connectivity index (χ4v) is 3.54. The van der Waals surface area contributed by atoms with Crippen molar-refractivity contribution in [3.8, 4) is 0 Å². The van der Waals surface area contributed by atoms with Crippen molar-refractivity contribution in [3.63, 3.8) is 0 Å². The van der Waals surface area contributed by atoms with Gasteiger partial charge in [0, 0.05) is 30.9 Å². The molecular formula is C21H29IN6S. The molecule has 3 rings (SSSR count). The Bertz CT molecular complexity index is 832. The number of guanidine groups is 1. The molecule has 0 radical (unpaired) electrons.